The van der Waals surface area contributed by atoms with Crippen LogP contribution in [0.2, 0.25) is 0 Å². The van der Waals surface area contributed by atoms with Crippen molar-refractivity contribution in [2.75, 3.05) is 19.0 Å². The third-order valence-electron chi connectivity index (χ3n) is 3.98. The summed E-state index contributed by atoms with van der Waals surface area (Å²) in [5.41, 5.74) is 8.48. The summed E-state index contributed by atoms with van der Waals surface area (Å²) >= 11 is 0. The van der Waals surface area contributed by atoms with Crippen LogP contribution in [0.15, 0.2) is 36.5 Å². The van der Waals surface area contributed by atoms with E-state index in [0.29, 0.717) is 18.0 Å². The molecule has 0 saturated carbocycles. The van der Waals surface area contributed by atoms with Crippen LogP contribution in [-0.4, -0.2) is 29.8 Å². The molecule has 1 aliphatic heterocycles. The van der Waals surface area contributed by atoms with Crippen molar-refractivity contribution in [1.82, 2.24) is 9.97 Å². The topological polar surface area (TPSA) is 102 Å². The Morgan fingerprint density at radius 1 is 1.44 bits per heavy atom. The number of imidazole rings is 1. The molecule has 132 valence electrons. The van der Waals surface area contributed by atoms with E-state index in [1.54, 1.807) is 18.3 Å². The summed E-state index contributed by atoms with van der Waals surface area (Å²) in [5.74, 6) is 1.41. The molecule has 3 rings (SSSR count). The molecule has 0 aliphatic carbocycles. The number of anilines is 1. The van der Waals surface area contributed by atoms with Crippen LogP contribution < -0.4 is 15.8 Å². The van der Waals surface area contributed by atoms with Gasteiger partial charge in [0.1, 0.15) is 11.6 Å². The van der Waals surface area contributed by atoms with Crippen LogP contribution in [0, 0.1) is 0 Å². The molecule has 1 amide bonds. The van der Waals surface area contributed by atoms with E-state index in [0.717, 1.165) is 36.3 Å². The Morgan fingerprint density at radius 3 is 3.16 bits per heavy atom. The number of carbonyl (C=O) groups is 1. The van der Waals surface area contributed by atoms with Crippen molar-refractivity contribution in [3.8, 4) is 17.0 Å². The number of nitrogens with zero attached hydrogens (tertiary/aromatic N) is 1. The largest absolute Gasteiger partial charge is 0.493 e. The second-order valence-electron chi connectivity index (χ2n) is 5.81. The SMILES string of the molecule is COC(=O)Nc1ccc2c(c1)OCCC/C=C/C[C@H](N)c1ncc-2[nH]1. The van der Waals surface area contributed by atoms with E-state index < -0.39 is 6.09 Å². The van der Waals surface area contributed by atoms with E-state index >= 15 is 0 Å². The van der Waals surface area contributed by atoms with Crippen molar-refractivity contribution >= 4 is 11.8 Å². The van der Waals surface area contributed by atoms with E-state index in [4.69, 9.17) is 10.5 Å². The lowest BCUT2D eigenvalue weighted by Crippen LogP contribution is -2.11. The first kappa shape index (κ1) is 17.0. The van der Waals surface area contributed by atoms with Crippen molar-refractivity contribution in [1.29, 1.82) is 0 Å². The normalized spacial score (nSPS) is 18.6. The van der Waals surface area contributed by atoms with Crippen molar-refractivity contribution < 1.29 is 14.3 Å². The van der Waals surface area contributed by atoms with Crippen LogP contribution in [0.1, 0.15) is 31.1 Å². The van der Waals surface area contributed by atoms with Gasteiger partial charge in [0.05, 0.1) is 31.6 Å². The van der Waals surface area contributed by atoms with Gasteiger partial charge < -0.3 is 20.2 Å². The van der Waals surface area contributed by atoms with Gasteiger partial charge in [-0.15, -0.1) is 0 Å². The van der Waals surface area contributed by atoms with Crippen molar-refractivity contribution in [2.45, 2.75) is 25.3 Å². The smallest absolute Gasteiger partial charge is 0.411 e. The molecule has 2 aromatic rings. The number of rotatable bonds is 1. The minimum Gasteiger partial charge on any atom is -0.493 e. The van der Waals surface area contributed by atoms with E-state index in [9.17, 15) is 4.79 Å². The molecule has 7 heteroatoms. The highest BCUT2D eigenvalue weighted by Gasteiger charge is 2.15. The maximum atomic E-state index is 11.4. The highest BCUT2D eigenvalue weighted by Crippen LogP contribution is 2.32. The van der Waals surface area contributed by atoms with Gasteiger partial charge in [-0.25, -0.2) is 9.78 Å². The number of hydrogen-bond donors (Lipinski definition) is 3. The molecule has 2 heterocycles. The molecule has 0 unspecified atom stereocenters. The molecule has 25 heavy (non-hydrogen) atoms. The second kappa shape index (κ2) is 7.85. The number of aromatic nitrogens is 2. The molecular formula is C18H22N4O3. The molecular weight excluding hydrogens is 320 g/mol. The highest BCUT2D eigenvalue weighted by atomic mass is 16.5. The van der Waals surface area contributed by atoms with Crippen LogP contribution >= 0.6 is 0 Å². The number of benzene rings is 1. The predicted octanol–water partition coefficient (Wildman–Crippen LogP) is 3.37. The first-order valence-electron chi connectivity index (χ1n) is 8.25. The molecule has 1 aromatic heterocycles. The molecule has 0 fully saturated rings. The van der Waals surface area contributed by atoms with Crippen LogP contribution in [0.25, 0.3) is 11.3 Å². The average Bonchev–Trinajstić information content (AvgIpc) is 3.10. The molecule has 1 atom stereocenters. The number of H-pyrrole nitrogens is 1. The maximum absolute atomic E-state index is 11.4. The number of methoxy groups -OCH3 is 1. The summed E-state index contributed by atoms with van der Waals surface area (Å²) in [6, 6.07) is 5.28. The Kier molecular flexibility index (Phi) is 5.35. The number of hydrogen-bond acceptors (Lipinski definition) is 5. The highest BCUT2D eigenvalue weighted by molar-refractivity contribution is 5.86. The molecule has 0 radical (unpaired) electrons. The Labute approximate surface area is 146 Å². The molecule has 0 spiro atoms. The van der Waals surface area contributed by atoms with Gasteiger partial charge in [-0.3, -0.25) is 5.32 Å². The van der Waals surface area contributed by atoms with E-state index in [2.05, 4.69) is 32.2 Å². The zero-order chi connectivity index (χ0) is 17.6. The lowest BCUT2D eigenvalue weighted by molar-refractivity contribution is 0.187. The van der Waals surface area contributed by atoms with E-state index in [1.807, 2.05) is 6.07 Å². The monoisotopic (exact) mass is 342 g/mol. The predicted molar refractivity (Wildman–Crippen MR) is 95.5 cm³/mol. The summed E-state index contributed by atoms with van der Waals surface area (Å²) in [5, 5.41) is 2.65. The van der Waals surface area contributed by atoms with Crippen molar-refractivity contribution in [2.24, 2.45) is 5.73 Å². The van der Waals surface area contributed by atoms with E-state index in [-0.39, 0.29) is 6.04 Å². The molecule has 7 nitrogen and oxygen atoms in total. The summed E-state index contributed by atoms with van der Waals surface area (Å²) in [6.45, 7) is 0.575. The average molecular weight is 342 g/mol. The Balaban J connectivity index is 1.95. The Morgan fingerprint density at radius 2 is 2.32 bits per heavy atom. The number of amides is 1. The number of ether oxygens (including phenoxy) is 2. The quantitative estimate of drug-likeness (QED) is 0.690. The molecule has 2 bridgehead atoms. The van der Waals surface area contributed by atoms with Gasteiger partial charge in [-0.1, -0.05) is 12.2 Å². The number of fused-ring (bicyclic) bond motifs is 4. The van der Waals surface area contributed by atoms with Crippen LogP contribution in [-0.2, 0) is 4.74 Å². The molecule has 1 aliphatic rings. The lowest BCUT2D eigenvalue weighted by Gasteiger charge is -2.13. The van der Waals surface area contributed by atoms with Gasteiger partial charge >= 0.3 is 6.09 Å². The molecule has 1 aromatic carbocycles. The van der Waals surface area contributed by atoms with Gasteiger partial charge in [0.25, 0.3) is 0 Å². The van der Waals surface area contributed by atoms with Crippen LogP contribution in [0.3, 0.4) is 0 Å². The number of nitrogens with one attached hydrogen (secondary N) is 2. The zero-order valence-electron chi connectivity index (χ0n) is 14.1. The zero-order valence-corrected chi connectivity index (χ0v) is 14.1. The van der Waals surface area contributed by atoms with Crippen molar-refractivity contribution in [3.05, 3.63) is 42.4 Å². The fourth-order valence-corrected chi connectivity index (χ4v) is 2.63. The van der Waals surface area contributed by atoms with Crippen LogP contribution in [0.4, 0.5) is 10.5 Å². The second-order valence-corrected chi connectivity index (χ2v) is 5.81. The maximum Gasteiger partial charge on any atom is 0.411 e. The fraction of sp³-hybridized carbons (Fsp3) is 0.333. The van der Waals surface area contributed by atoms with Gasteiger partial charge in [-0.05, 0) is 31.4 Å². The molecule has 0 saturated heterocycles. The Hall–Kier alpha value is -2.80. The number of nitrogens with two attached hydrogens (primary N) is 1. The van der Waals surface area contributed by atoms with Crippen molar-refractivity contribution in [3.63, 3.8) is 0 Å². The first-order chi connectivity index (χ1) is 12.2. The number of aromatic amines is 1. The lowest BCUT2D eigenvalue weighted by atomic mass is 10.1. The Bertz CT molecular complexity index is 769. The van der Waals surface area contributed by atoms with Gasteiger partial charge in [0.15, 0.2) is 0 Å². The minimum atomic E-state index is -0.524. The number of allylic oxidation sites excluding steroid dienone is 1. The summed E-state index contributed by atoms with van der Waals surface area (Å²) < 4.78 is 10.6. The van der Waals surface area contributed by atoms with Gasteiger partial charge in [0.2, 0.25) is 0 Å². The third-order valence-corrected chi connectivity index (χ3v) is 3.98. The third kappa shape index (κ3) is 4.19. The van der Waals surface area contributed by atoms with Crippen LogP contribution in [0.5, 0.6) is 5.75 Å². The van der Waals surface area contributed by atoms with Gasteiger partial charge in [-0.2, -0.15) is 0 Å². The van der Waals surface area contributed by atoms with Gasteiger partial charge in [0, 0.05) is 17.3 Å². The fourth-order valence-electron chi connectivity index (χ4n) is 2.63. The summed E-state index contributed by atoms with van der Waals surface area (Å²) in [6.07, 6.45) is 7.97. The molecule has 4 N–H and O–H groups in total. The minimum absolute atomic E-state index is 0.171. The summed E-state index contributed by atoms with van der Waals surface area (Å²) in [7, 11) is 1.32. The first-order valence-corrected chi connectivity index (χ1v) is 8.25. The standard InChI is InChI=1S/C18H22N4O3/c1-24-18(23)21-12-7-8-13-15-11-20-17(22-15)14(19)6-4-2-3-5-9-25-16(13)10-12/h2,4,7-8,10-11,14H,3,5-6,9,19H2,1H3,(H,20,22)(H,21,23)/b4-2+/t14-/m0/s1. The summed E-state index contributed by atoms with van der Waals surface area (Å²) in [4.78, 5) is 19.1. The van der Waals surface area contributed by atoms with E-state index in [1.165, 1.54) is 7.11 Å². The number of carbonyl (C=O) groups excluding carboxylic acids is 1.